The average Bonchev–Trinajstić information content (AvgIpc) is 2.77. The number of hydrazine groups is 1. The molecule has 32 heavy (non-hydrogen) atoms. The summed E-state index contributed by atoms with van der Waals surface area (Å²) in [4.78, 5) is 33.8. The molecular formula is C19H22N4O8S. The van der Waals surface area contributed by atoms with Crippen molar-refractivity contribution in [3.05, 3.63) is 58.6 Å². The number of hydrogen-bond donors (Lipinski definition) is 3. The summed E-state index contributed by atoms with van der Waals surface area (Å²) >= 11 is 0. The largest absolute Gasteiger partial charge is 0.494 e. The Kier molecular flexibility index (Phi) is 8.92. The van der Waals surface area contributed by atoms with E-state index in [1.165, 1.54) is 48.5 Å². The number of amides is 2. The minimum Gasteiger partial charge on any atom is -0.494 e. The highest BCUT2D eigenvalue weighted by Gasteiger charge is 2.16. The molecule has 0 aromatic heterocycles. The van der Waals surface area contributed by atoms with E-state index in [-0.39, 0.29) is 29.3 Å². The molecule has 0 aliphatic heterocycles. The monoisotopic (exact) mass is 466 g/mol. The molecule has 0 spiro atoms. The van der Waals surface area contributed by atoms with Gasteiger partial charge in [-0.05, 0) is 37.3 Å². The highest BCUT2D eigenvalue weighted by atomic mass is 32.2. The number of nitrogens with one attached hydrogen (secondary N) is 3. The lowest BCUT2D eigenvalue weighted by Crippen LogP contribution is -2.44. The lowest BCUT2D eigenvalue weighted by molar-refractivity contribution is -0.385. The van der Waals surface area contributed by atoms with Gasteiger partial charge in [-0.3, -0.25) is 30.6 Å². The third-order valence-corrected chi connectivity index (χ3v) is 5.33. The lowest BCUT2D eigenvalue weighted by atomic mass is 10.3. The Hall–Kier alpha value is -3.71. The zero-order chi connectivity index (χ0) is 23.6. The van der Waals surface area contributed by atoms with Crippen LogP contribution in [0.5, 0.6) is 11.5 Å². The smallest absolute Gasteiger partial charge is 0.310 e. The molecule has 0 saturated heterocycles. The van der Waals surface area contributed by atoms with E-state index >= 15 is 0 Å². The molecular weight excluding hydrogens is 444 g/mol. The van der Waals surface area contributed by atoms with Crippen LogP contribution in [0.15, 0.2) is 53.4 Å². The second-order valence-corrected chi connectivity index (χ2v) is 7.93. The summed E-state index contributed by atoms with van der Waals surface area (Å²) in [6.07, 6.45) is -0.248. The normalized spacial score (nSPS) is 10.8. The van der Waals surface area contributed by atoms with Crippen LogP contribution in [0.2, 0.25) is 0 Å². The molecule has 0 bridgehead atoms. The fourth-order valence-electron chi connectivity index (χ4n) is 2.38. The average molecular weight is 466 g/mol. The highest BCUT2D eigenvalue weighted by molar-refractivity contribution is 7.89. The third kappa shape index (κ3) is 7.52. The first-order valence-electron chi connectivity index (χ1n) is 9.39. The van der Waals surface area contributed by atoms with E-state index in [4.69, 9.17) is 9.47 Å². The Morgan fingerprint density at radius 1 is 1.00 bits per heavy atom. The molecule has 0 atom stereocenters. The van der Waals surface area contributed by atoms with Crippen molar-refractivity contribution in [1.82, 2.24) is 15.6 Å². The van der Waals surface area contributed by atoms with Gasteiger partial charge in [-0.1, -0.05) is 12.1 Å². The number of benzene rings is 2. The molecule has 0 aliphatic carbocycles. The second-order valence-electron chi connectivity index (χ2n) is 6.16. The van der Waals surface area contributed by atoms with E-state index in [9.17, 15) is 28.1 Å². The van der Waals surface area contributed by atoms with Crippen LogP contribution in [0.4, 0.5) is 5.69 Å². The van der Waals surface area contributed by atoms with Crippen LogP contribution in [0, 0.1) is 10.1 Å². The van der Waals surface area contributed by atoms with Crippen molar-refractivity contribution in [2.75, 3.05) is 19.8 Å². The quantitative estimate of drug-likeness (QED) is 0.324. The number of rotatable bonds is 11. The molecule has 0 saturated carbocycles. The van der Waals surface area contributed by atoms with E-state index in [0.717, 1.165) is 0 Å². The van der Waals surface area contributed by atoms with Crippen LogP contribution < -0.4 is 25.0 Å². The first-order chi connectivity index (χ1) is 15.2. The summed E-state index contributed by atoms with van der Waals surface area (Å²) in [6, 6.07) is 11.3. The summed E-state index contributed by atoms with van der Waals surface area (Å²) in [5, 5.41) is 10.9. The second kappa shape index (κ2) is 11.6. The summed E-state index contributed by atoms with van der Waals surface area (Å²) < 4.78 is 37.1. The lowest BCUT2D eigenvalue weighted by Gasteiger charge is -2.10. The van der Waals surface area contributed by atoms with Crippen molar-refractivity contribution in [1.29, 1.82) is 0 Å². The van der Waals surface area contributed by atoms with Gasteiger partial charge in [0, 0.05) is 19.0 Å². The topological polar surface area (TPSA) is 166 Å². The van der Waals surface area contributed by atoms with Crippen molar-refractivity contribution in [3.8, 4) is 11.5 Å². The van der Waals surface area contributed by atoms with Crippen LogP contribution in [0.1, 0.15) is 13.3 Å². The van der Waals surface area contributed by atoms with E-state index in [1.54, 1.807) is 0 Å². The van der Waals surface area contributed by atoms with Crippen LogP contribution in [-0.2, 0) is 19.6 Å². The Labute approximate surface area is 184 Å². The van der Waals surface area contributed by atoms with Gasteiger partial charge in [0.05, 0.1) is 16.4 Å². The van der Waals surface area contributed by atoms with E-state index < -0.39 is 33.4 Å². The van der Waals surface area contributed by atoms with Gasteiger partial charge in [-0.2, -0.15) is 0 Å². The number of nitro benzene ring substituents is 1. The zero-order valence-electron chi connectivity index (χ0n) is 17.1. The Morgan fingerprint density at radius 2 is 1.66 bits per heavy atom. The zero-order valence-corrected chi connectivity index (χ0v) is 17.9. The Bertz CT molecular complexity index is 1060. The van der Waals surface area contributed by atoms with Crippen molar-refractivity contribution in [2.24, 2.45) is 0 Å². The number of hydrogen-bond acceptors (Lipinski definition) is 8. The molecule has 2 aromatic rings. The van der Waals surface area contributed by atoms with Gasteiger partial charge in [0.25, 0.3) is 5.91 Å². The van der Waals surface area contributed by atoms with E-state index in [2.05, 4.69) is 15.6 Å². The van der Waals surface area contributed by atoms with Crippen LogP contribution in [-0.4, -0.2) is 44.9 Å². The number of sulfonamides is 1. The molecule has 0 radical (unpaired) electrons. The van der Waals surface area contributed by atoms with Gasteiger partial charge >= 0.3 is 5.69 Å². The minimum absolute atomic E-state index is 0.0156. The van der Waals surface area contributed by atoms with E-state index in [1.807, 2.05) is 6.92 Å². The van der Waals surface area contributed by atoms with Gasteiger partial charge in [0.15, 0.2) is 12.4 Å². The number of para-hydroxylation sites is 2. The predicted molar refractivity (Wildman–Crippen MR) is 112 cm³/mol. The molecule has 0 fully saturated rings. The molecule has 0 unspecified atom stereocenters. The highest BCUT2D eigenvalue weighted by Crippen LogP contribution is 2.25. The van der Waals surface area contributed by atoms with Crippen LogP contribution in [0.25, 0.3) is 0 Å². The number of nitrogens with zero attached hydrogens (tertiary/aromatic N) is 1. The fourth-order valence-corrected chi connectivity index (χ4v) is 3.41. The number of ether oxygens (including phenoxy) is 2. The van der Waals surface area contributed by atoms with E-state index in [0.29, 0.717) is 12.4 Å². The standard InChI is InChI=1S/C19H22N4O8S/c1-2-30-14-7-9-15(10-8-14)32(28,29)20-12-11-18(24)21-22-19(25)13-31-17-6-4-3-5-16(17)23(26)27/h3-10,20H,2,11-13H2,1H3,(H,21,24)(H,22,25). The number of carbonyl (C=O) groups is 2. The molecule has 2 aromatic carbocycles. The summed E-state index contributed by atoms with van der Waals surface area (Å²) in [5.74, 6) is -0.972. The summed E-state index contributed by atoms with van der Waals surface area (Å²) in [7, 11) is -3.82. The van der Waals surface area contributed by atoms with Gasteiger partial charge in [-0.15, -0.1) is 0 Å². The van der Waals surface area contributed by atoms with Crippen LogP contribution in [0.3, 0.4) is 0 Å². The first-order valence-corrected chi connectivity index (χ1v) is 10.9. The molecule has 13 heteroatoms. The van der Waals surface area contributed by atoms with Crippen molar-refractivity contribution in [2.45, 2.75) is 18.2 Å². The predicted octanol–water partition coefficient (Wildman–Crippen LogP) is 0.888. The molecule has 12 nitrogen and oxygen atoms in total. The van der Waals surface area contributed by atoms with Crippen LogP contribution >= 0.6 is 0 Å². The maximum Gasteiger partial charge on any atom is 0.310 e. The van der Waals surface area contributed by atoms with Gasteiger partial charge in [0.2, 0.25) is 15.9 Å². The van der Waals surface area contributed by atoms with Gasteiger partial charge in [0.1, 0.15) is 5.75 Å². The summed E-state index contributed by atoms with van der Waals surface area (Å²) in [6.45, 7) is 1.48. The fraction of sp³-hybridized carbons (Fsp3) is 0.263. The molecule has 2 amide bonds. The minimum atomic E-state index is -3.82. The maximum atomic E-state index is 12.2. The van der Waals surface area contributed by atoms with Crippen molar-refractivity contribution in [3.63, 3.8) is 0 Å². The number of nitro groups is 1. The SMILES string of the molecule is CCOc1ccc(S(=O)(=O)NCCC(=O)NNC(=O)COc2ccccc2[N+](=O)[O-])cc1. The first kappa shape index (κ1) is 24.6. The molecule has 3 N–H and O–H groups in total. The number of carbonyl (C=O) groups excluding carboxylic acids is 2. The summed E-state index contributed by atoms with van der Waals surface area (Å²) in [5.41, 5.74) is 3.87. The van der Waals surface area contributed by atoms with Gasteiger partial charge in [-0.25, -0.2) is 13.1 Å². The molecule has 0 heterocycles. The van der Waals surface area contributed by atoms with Crippen molar-refractivity contribution >= 4 is 27.5 Å². The molecule has 0 aliphatic rings. The molecule has 2 rings (SSSR count). The third-order valence-electron chi connectivity index (χ3n) is 3.85. The Morgan fingerprint density at radius 3 is 2.31 bits per heavy atom. The molecule has 172 valence electrons. The van der Waals surface area contributed by atoms with Crippen molar-refractivity contribution < 1.29 is 32.4 Å². The van der Waals surface area contributed by atoms with Gasteiger partial charge < -0.3 is 9.47 Å². The maximum absolute atomic E-state index is 12.2. The Balaban J connectivity index is 1.73.